The van der Waals surface area contributed by atoms with E-state index in [9.17, 15) is 0 Å². The van der Waals surface area contributed by atoms with Crippen LogP contribution in [0.2, 0.25) is 0 Å². The zero-order valence-corrected chi connectivity index (χ0v) is 18.3. The first-order valence-corrected chi connectivity index (χ1v) is 11.3. The maximum absolute atomic E-state index is 6.01. The quantitative estimate of drug-likeness (QED) is 0.210. The average molecular weight is 421 g/mol. The largest absolute Gasteiger partial charge is 0.494 e. The van der Waals surface area contributed by atoms with Gasteiger partial charge in [-0.2, -0.15) is 0 Å². The van der Waals surface area contributed by atoms with E-state index in [1.54, 1.807) is 0 Å². The van der Waals surface area contributed by atoms with E-state index in [0.29, 0.717) is 0 Å². The van der Waals surface area contributed by atoms with Crippen molar-refractivity contribution in [1.82, 2.24) is 0 Å². The van der Waals surface area contributed by atoms with E-state index in [2.05, 4.69) is 54.3 Å². The fourth-order valence-electron chi connectivity index (χ4n) is 3.55. The molecule has 0 amide bonds. The van der Waals surface area contributed by atoms with Gasteiger partial charge in [0.05, 0.1) is 13.2 Å². The Morgan fingerprint density at radius 1 is 0.500 bits per heavy atom. The van der Waals surface area contributed by atoms with Gasteiger partial charge in [0.25, 0.3) is 0 Å². The molecule has 0 saturated carbocycles. The van der Waals surface area contributed by atoms with Gasteiger partial charge in [-0.3, -0.25) is 0 Å². The van der Waals surface area contributed by atoms with Gasteiger partial charge in [-0.15, -0.1) is 0 Å². The van der Waals surface area contributed by atoms with Crippen LogP contribution < -0.4 is 9.47 Å². The Kier molecular flexibility index (Phi) is 7.82. The summed E-state index contributed by atoms with van der Waals surface area (Å²) in [6.45, 7) is 1.49. The van der Waals surface area contributed by atoms with Crippen molar-refractivity contribution >= 4 is 10.8 Å². The van der Waals surface area contributed by atoms with Gasteiger partial charge in [-0.1, -0.05) is 66.4 Å². The van der Waals surface area contributed by atoms with Crippen molar-refractivity contribution in [2.75, 3.05) is 13.2 Å². The Morgan fingerprint density at radius 2 is 1.12 bits per heavy atom. The first-order valence-electron chi connectivity index (χ1n) is 11.3. The van der Waals surface area contributed by atoms with E-state index in [4.69, 9.17) is 9.47 Å². The maximum atomic E-state index is 6.01. The number of fused-ring (bicyclic) bond motifs is 1. The minimum atomic E-state index is 0.735. The van der Waals surface area contributed by atoms with Crippen molar-refractivity contribution < 1.29 is 9.47 Å². The van der Waals surface area contributed by atoms with Gasteiger partial charge in [-0.25, -0.2) is 0 Å². The van der Waals surface area contributed by atoms with Crippen LogP contribution in [0.25, 0.3) is 10.8 Å². The van der Waals surface area contributed by atoms with Crippen molar-refractivity contribution in [3.05, 3.63) is 108 Å². The highest BCUT2D eigenvalue weighted by Gasteiger charge is 2.01. The van der Waals surface area contributed by atoms with Crippen LogP contribution in [0.3, 0.4) is 0 Å². The second-order valence-corrected chi connectivity index (χ2v) is 7.73. The van der Waals surface area contributed by atoms with E-state index in [1.165, 1.54) is 10.8 Å². The number of benzene rings is 4. The smallest absolute Gasteiger partial charge is 0.127 e. The molecule has 0 aliphatic rings. The summed E-state index contributed by atoms with van der Waals surface area (Å²) in [5.41, 5.74) is 2.02. The maximum Gasteiger partial charge on any atom is 0.127 e. The molecule has 0 N–H and O–H groups in total. The normalized spacial score (nSPS) is 10.4. The highest BCUT2D eigenvalue weighted by Crippen LogP contribution is 2.25. The van der Waals surface area contributed by atoms with Crippen LogP contribution in [0.4, 0.5) is 0 Å². The number of unbranched alkanes of at least 4 members (excludes halogenated alkanes) is 3. The van der Waals surface area contributed by atoms with Crippen molar-refractivity contribution in [3.8, 4) is 23.3 Å². The van der Waals surface area contributed by atoms with Crippen molar-refractivity contribution in [2.45, 2.75) is 25.7 Å². The molecule has 160 valence electrons. The molecule has 0 aliphatic heterocycles. The lowest BCUT2D eigenvalue weighted by atomic mass is 10.1. The Bertz CT molecular complexity index is 1160. The summed E-state index contributed by atoms with van der Waals surface area (Å²) >= 11 is 0. The van der Waals surface area contributed by atoms with Gasteiger partial charge < -0.3 is 9.47 Å². The second kappa shape index (κ2) is 11.6. The van der Waals surface area contributed by atoms with Gasteiger partial charge in [0.15, 0.2) is 0 Å². The summed E-state index contributed by atoms with van der Waals surface area (Å²) < 4.78 is 11.9. The topological polar surface area (TPSA) is 18.5 Å². The van der Waals surface area contributed by atoms with E-state index in [0.717, 1.165) is 61.5 Å². The molecule has 2 nitrogen and oxygen atoms in total. The van der Waals surface area contributed by atoms with Gasteiger partial charge in [-0.05, 0) is 73.5 Å². The fourth-order valence-corrected chi connectivity index (χ4v) is 3.55. The molecule has 0 radical (unpaired) electrons. The summed E-state index contributed by atoms with van der Waals surface area (Å²) in [5, 5.41) is 2.40. The fraction of sp³-hybridized carbons (Fsp3) is 0.200. The SMILES string of the molecule is C(#Cc1ccc(OCCCCCCOc2cccc3ccccc23)cc1)c1ccccc1. The van der Waals surface area contributed by atoms with Crippen LogP contribution in [-0.4, -0.2) is 13.2 Å². The molecule has 0 unspecified atom stereocenters. The Balaban J connectivity index is 1.11. The predicted octanol–water partition coefficient (Wildman–Crippen LogP) is 7.26. The zero-order chi connectivity index (χ0) is 21.8. The van der Waals surface area contributed by atoms with E-state index in [-0.39, 0.29) is 0 Å². The second-order valence-electron chi connectivity index (χ2n) is 7.73. The molecule has 0 spiro atoms. The monoisotopic (exact) mass is 420 g/mol. The van der Waals surface area contributed by atoms with Crippen molar-refractivity contribution in [2.24, 2.45) is 0 Å². The molecule has 0 atom stereocenters. The van der Waals surface area contributed by atoms with Crippen LogP contribution >= 0.6 is 0 Å². The highest BCUT2D eigenvalue weighted by molar-refractivity contribution is 5.88. The molecule has 4 aromatic carbocycles. The van der Waals surface area contributed by atoms with Crippen LogP contribution in [-0.2, 0) is 0 Å². The average Bonchev–Trinajstić information content (AvgIpc) is 2.86. The first-order chi connectivity index (χ1) is 15.9. The summed E-state index contributed by atoms with van der Waals surface area (Å²) in [7, 11) is 0. The minimum absolute atomic E-state index is 0.735. The van der Waals surface area contributed by atoms with Crippen molar-refractivity contribution in [1.29, 1.82) is 0 Å². The summed E-state index contributed by atoms with van der Waals surface area (Å²) in [5.74, 6) is 8.24. The number of rotatable bonds is 9. The van der Waals surface area contributed by atoms with E-state index in [1.807, 2.05) is 54.6 Å². The number of hydrogen-bond donors (Lipinski definition) is 0. The number of ether oxygens (including phenoxy) is 2. The molecule has 0 saturated heterocycles. The molecule has 0 aromatic heterocycles. The predicted molar refractivity (Wildman–Crippen MR) is 132 cm³/mol. The van der Waals surface area contributed by atoms with Gasteiger partial charge >= 0.3 is 0 Å². The van der Waals surface area contributed by atoms with Gasteiger partial charge in [0, 0.05) is 16.5 Å². The standard InChI is InChI=1S/C30H28O2/c1(2-9-24-32-30-16-10-14-27-13-6-7-15-29(27)30)8-23-31-28-21-19-26(20-22-28)18-17-25-11-4-3-5-12-25/h3-7,10-16,19-22H,1-2,8-9,23-24H2. The molecule has 0 aliphatic carbocycles. The molecule has 32 heavy (non-hydrogen) atoms. The summed E-state index contributed by atoms with van der Waals surface area (Å²) in [6, 6.07) is 32.6. The third kappa shape index (κ3) is 6.40. The first kappa shape index (κ1) is 21.5. The Morgan fingerprint density at radius 3 is 1.91 bits per heavy atom. The van der Waals surface area contributed by atoms with Gasteiger partial charge in [0.2, 0.25) is 0 Å². The van der Waals surface area contributed by atoms with Crippen molar-refractivity contribution in [3.63, 3.8) is 0 Å². The molecule has 4 rings (SSSR count). The van der Waals surface area contributed by atoms with Crippen LogP contribution in [0.15, 0.2) is 97.1 Å². The number of hydrogen-bond acceptors (Lipinski definition) is 2. The Hall–Kier alpha value is -3.70. The van der Waals surface area contributed by atoms with Crippen LogP contribution in [0.5, 0.6) is 11.5 Å². The molecule has 0 bridgehead atoms. The summed E-state index contributed by atoms with van der Waals surface area (Å²) in [6.07, 6.45) is 4.38. The molecular weight excluding hydrogens is 392 g/mol. The summed E-state index contributed by atoms with van der Waals surface area (Å²) in [4.78, 5) is 0. The van der Waals surface area contributed by atoms with E-state index >= 15 is 0 Å². The van der Waals surface area contributed by atoms with Crippen LogP contribution in [0, 0.1) is 11.8 Å². The highest BCUT2D eigenvalue weighted by atomic mass is 16.5. The zero-order valence-electron chi connectivity index (χ0n) is 18.3. The molecule has 0 fully saturated rings. The van der Waals surface area contributed by atoms with Gasteiger partial charge in [0.1, 0.15) is 11.5 Å². The molecular formula is C30H28O2. The lowest BCUT2D eigenvalue weighted by molar-refractivity contribution is 0.289. The minimum Gasteiger partial charge on any atom is -0.494 e. The molecule has 2 heteroatoms. The van der Waals surface area contributed by atoms with E-state index < -0.39 is 0 Å². The lowest BCUT2D eigenvalue weighted by Gasteiger charge is -2.09. The molecule has 0 heterocycles. The third-order valence-electron chi connectivity index (χ3n) is 5.29. The van der Waals surface area contributed by atoms with Crippen LogP contribution in [0.1, 0.15) is 36.8 Å². The molecule has 4 aromatic rings. The Labute approximate surface area is 190 Å². The third-order valence-corrected chi connectivity index (χ3v) is 5.29. The lowest BCUT2D eigenvalue weighted by Crippen LogP contribution is -2.00.